The lowest BCUT2D eigenvalue weighted by Gasteiger charge is -2.31. The Labute approximate surface area is 226 Å². The Morgan fingerprint density at radius 3 is 2.28 bits per heavy atom. The quantitative estimate of drug-likeness (QED) is 0.422. The minimum atomic E-state index is -0.992. The maximum absolute atomic E-state index is 13.4. The molecule has 11 nitrogen and oxygen atoms in total. The SMILES string of the molecule is CC(C)[C@@H]1NC(=O)c2cc(ccc2O)Oc2ccc(cc2)C[C@H](C(=O)N2CCOCC2)NC(=O)[C@H](C)NC1=O. The minimum Gasteiger partial charge on any atom is -0.507 e. The van der Waals surface area contributed by atoms with E-state index in [2.05, 4.69) is 16.0 Å². The van der Waals surface area contributed by atoms with Crippen molar-refractivity contribution < 1.29 is 33.8 Å². The predicted octanol–water partition coefficient (Wildman–Crippen LogP) is 1.34. The number of nitrogens with one attached hydrogen (secondary N) is 3. The van der Waals surface area contributed by atoms with E-state index >= 15 is 0 Å². The highest BCUT2D eigenvalue weighted by molar-refractivity contribution is 6.00. The van der Waals surface area contributed by atoms with E-state index in [1.54, 1.807) is 43.0 Å². The van der Waals surface area contributed by atoms with Crippen LogP contribution < -0.4 is 20.7 Å². The highest BCUT2D eigenvalue weighted by atomic mass is 16.5. The van der Waals surface area contributed by atoms with Gasteiger partial charge in [-0.2, -0.15) is 0 Å². The Morgan fingerprint density at radius 1 is 0.949 bits per heavy atom. The number of phenolic OH excluding ortho intramolecular Hbond substituents is 1. The number of benzene rings is 2. The van der Waals surface area contributed by atoms with Crippen molar-refractivity contribution in [3.63, 3.8) is 0 Å². The number of fused-ring (bicyclic) bond motifs is 11. The second kappa shape index (κ2) is 12.2. The molecule has 0 radical (unpaired) electrons. The lowest BCUT2D eigenvalue weighted by Crippen LogP contribution is -2.58. The molecule has 3 aliphatic heterocycles. The highest BCUT2D eigenvalue weighted by Crippen LogP contribution is 2.28. The van der Waals surface area contributed by atoms with Gasteiger partial charge in [-0.1, -0.05) is 26.0 Å². The molecule has 0 aliphatic carbocycles. The van der Waals surface area contributed by atoms with Gasteiger partial charge in [0.1, 0.15) is 35.4 Å². The Bertz CT molecular complexity index is 1220. The molecule has 4 N–H and O–H groups in total. The van der Waals surface area contributed by atoms with Gasteiger partial charge in [-0.25, -0.2) is 0 Å². The van der Waals surface area contributed by atoms with Gasteiger partial charge in [0.2, 0.25) is 17.7 Å². The molecule has 0 unspecified atom stereocenters. The van der Waals surface area contributed by atoms with Crippen LogP contribution in [0.1, 0.15) is 36.7 Å². The highest BCUT2D eigenvalue weighted by Gasteiger charge is 2.32. The first-order valence-electron chi connectivity index (χ1n) is 13.0. The van der Waals surface area contributed by atoms with E-state index in [9.17, 15) is 24.3 Å². The molecule has 4 amide bonds. The Hall–Kier alpha value is -4.12. The Kier molecular flexibility index (Phi) is 8.70. The summed E-state index contributed by atoms with van der Waals surface area (Å²) in [4.78, 5) is 54.4. The predicted molar refractivity (Wildman–Crippen MR) is 141 cm³/mol. The largest absolute Gasteiger partial charge is 0.507 e. The molecule has 1 saturated heterocycles. The topological polar surface area (TPSA) is 146 Å². The second-order valence-corrected chi connectivity index (χ2v) is 10.1. The lowest BCUT2D eigenvalue weighted by atomic mass is 10.0. The van der Waals surface area contributed by atoms with Crippen molar-refractivity contribution in [3.8, 4) is 17.2 Å². The monoisotopic (exact) mass is 538 g/mol. The van der Waals surface area contributed by atoms with Crippen LogP contribution in [-0.2, 0) is 25.5 Å². The van der Waals surface area contributed by atoms with Gasteiger partial charge in [-0.15, -0.1) is 0 Å². The lowest BCUT2D eigenvalue weighted by molar-refractivity contribution is -0.140. The van der Waals surface area contributed by atoms with E-state index < -0.39 is 35.8 Å². The van der Waals surface area contributed by atoms with E-state index in [-0.39, 0.29) is 29.6 Å². The zero-order chi connectivity index (χ0) is 28.1. The normalized spacial score (nSPS) is 22.7. The molecule has 3 heterocycles. The summed E-state index contributed by atoms with van der Waals surface area (Å²) in [5.74, 6) is -1.81. The first-order valence-corrected chi connectivity index (χ1v) is 13.0. The molecular formula is C28H34N4O7. The summed E-state index contributed by atoms with van der Waals surface area (Å²) in [6.45, 7) is 6.71. The van der Waals surface area contributed by atoms with Gasteiger partial charge in [0.25, 0.3) is 5.91 Å². The molecule has 0 saturated carbocycles. The van der Waals surface area contributed by atoms with Crippen LogP contribution in [0.2, 0.25) is 0 Å². The number of aromatic hydroxyl groups is 1. The van der Waals surface area contributed by atoms with Crippen molar-refractivity contribution in [3.05, 3.63) is 53.6 Å². The molecule has 2 aromatic rings. The van der Waals surface area contributed by atoms with E-state index in [1.807, 2.05) is 0 Å². The molecule has 39 heavy (non-hydrogen) atoms. The van der Waals surface area contributed by atoms with Gasteiger partial charge in [0.15, 0.2) is 0 Å². The summed E-state index contributed by atoms with van der Waals surface area (Å²) in [6.07, 6.45) is 0.233. The second-order valence-electron chi connectivity index (χ2n) is 10.1. The van der Waals surface area contributed by atoms with Crippen molar-refractivity contribution >= 4 is 23.6 Å². The molecule has 5 rings (SSSR count). The zero-order valence-corrected chi connectivity index (χ0v) is 22.2. The van der Waals surface area contributed by atoms with E-state index in [1.165, 1.54) is 25.1 Å². The number of morpholine rings is 1. The van der Waals surface area contributed by atoms with E-state index in [0.717, 1.165) is 5.56 Å². The van der Waals surface area contributed by atoms with Crippen molar-refractivity contribution in [2.45, 2.75) is 45.3 Å². The number of nitrogens with zero attached hydrogens (tertiary/aromatic N) is 1. The number of amides is 4. The first-order chi connectivity index (χ1) is 18.6. The molecule has 208 valence electrons. The third-order valence-electron chi connectivity index (χ3n) is 6.74. The number of hydrogen-bond donors (Lipinski definition) is 4. The maximum Gasteiger partial charge on any atom is 0.255 e. The molecule has 2 aromatic carbocycles. The standard InChI is InChI=1S/C28H34N4O7/c1-16(2)24-27(36)29-17(3)25(34)30-22(28(37)32-10-12-38-13-11-32)14-18-4-6-19(7-5-18)39-20-8-9-23(33)21(15-20)26(35)31-24/h4-9,15-17,22,24,33H,10-14H2,1-3H3,(H,29,36)(H,30,34)(H,31,35)/t17-,22+,24-/m0/s1. The first kappa shape index (κ1) is 27.9. The van der Waals surface area contributed by atoms with Crippen molar-refractivity contribution in [1.82, 2.24) is 20.9 Å². The van der Waals surface area contributed by atoms with Crippen LogP contribution >= 0.6 is 0 Å². The van der Waals surface area contributed by atoms with Crippen LogP contribution in [0, 0.1) is 5.92 Å². The fraction of sp³-hybridized carbons (Fsp3) is 0.429. The third-order valence-corrected chi connectivity index (χ3v) is 6.74. The number of carbonyl (C=O) groups is 4. The van der Waals surface area contributed by atoms with Gasteiger partial charge >= 0.3 is 0 Å². The summed E-state index contributed by atoms with van der Waals surface area (Å²) in [7, 11) is 0. The average Bonchev–Trinajstić information content (AvgIpc) is 2.92. The van der Waals surface area contributed by atoms with Gasteiger partial charge in [-0.3, -0.25) is 19.2 Å². The summed E-state index contributed by atoms with van der Waals surface area (Å²) < 4.78 is 11.2. The van der Waals surface area contributed by atoms with Gasteiger partial charge < -0.3 is 35.4 Å². The van der Waals surface area contributed by atoms with Crippen LogP contribution in [0.25, 0.3) is 0 Å². The molecule has 3 aliphatic rings. The Balaban J connectivity index is 1.68. The van der Waals surface area contributed by atoms with E-state index in [4.69, 9.17) is 9.47 Å². The number of rotatable bonds is 2. The zero-order valence-electron chi connectivity index (χ0n) is 22.2. The molecule has 0 spiro atoms. The molecule has 3 atom stereocenters. The summed E-state index contributed by atoms with van der Waals surface area (Å²) in [6, 6.07) is 8.45. The van der Waals surface area contributed by atoms with E-state index in [0.29, 0.717) is 37.8 Å². The average molecular weight is 539 g/mol. The number of ether oxygens (including phenoxy) is 2. The summed E-state index contributed by atoms with van der Waals surface area (Å²) in [5.41, 5.74) is 0.733. The Morgan fingerprint density at radius 2 is 1.62 bits per heavy atom. The summed E-state index contributed by atoms with van der Waals surface area (Å²) >= 11 is 0. The number of phenols is 1. The summed E-state index contributed by atoms with van der Waals surface area (Å²) in [5, 5.41) is 18.4. The number of hydrogen-bond acceptors (Lipinski definition) is 7. The maximum atomic E-state index is 13.4. The van der Waals surface area contributed by atoms with Crippen LogP contribution in [-0.4, -0.2) is 78.1 Å². The van der Waals surface area contributed by atoms with Crippen LogP contribution in [0.3, 0.4) is 0 Å². The van der Waals surface area contributed by atoms with Crippen molar-refractivity contribution in [2.75, 3.05) is 26.3 Å². The molecule has 11 heteroatoms. The molecular weight excluding hydrogens is 504 g/mol. The fourth-order valence-electron chi connectivity index (χ4n) is 4.45. The smallest absolute Gasteiger partial charge is 0.255 e. The van der Waals surface area contributed by atoms with Crippen molar-refractivity contribution in [1.29, 1.82) is 0 Å². The molecule has 1 fully saturated rings. The van der Waals surface area contributed by atoms with Crippen LogP contribution in [0.5, 0.6) is 17.2 Å². The minimum absolute atomic E-state index is 0.0565. The molecule has 4 bridgehead atoms. The van der Waals surface area contributed by atoms with Gasteiger partial charge in [0, 0.05) is 19.5 Å². The van der Waals surface area contributed by atoms with Gasteiger partial charge in [0.05, 0.1) is 18.8 Å². The van der Waals surface area contributed by atoms with Crippen LogP contribution in [0.4, 0.5) is 0 Å². The number of carbonyl (C=O) groups excluding carboxylic acids is 4. The van der Waals surface area contributed by atoms with Crippen molar-refractivity contribution in [2.24, 2.45) is 5.92 Å². The fourth-order valence-corrected chi connectivity index (χ4v) is 4.45. The van der Waals surface area contributed by atoms with Gasteiger partial charge in [-0.05, 0) is 48.7 Å². The van der Waals surface area contributed by atoms with Crippen LogP contribution in [0.15, 0.2) is 42.5 Å². The third kappa shape index (κ3) is 6.85. The molecule has 0 aromatic heterocycles.